The molecule has 14 nitrogen and oxygen atoms in total. The maximum Gasteiger partial charge on any atom is 0.338 e. The molecular formula is C37H48O14. The van der Waals surface area contributed by atoms with Crippen LogP contribution >= 0.6 is 0 Å². The SMILES string of the molecule is CC(=O)O/C1=C(\C)[C@@H](O)[C@H]2[C@@H](OC(=O)c3ccccc3)[C@@H](C)[C@H](O)[C@]2(OC(C)=O)[C@H](OC(C)=O)/C(C)=C/CC(C)(C)[C@@H](OC(C)=O)[C@H]1OC(C)=O. The first kappa shape index (κ1) is 40.9. The Balaban J connectivity index is 2.54. The molecule has 1 saturated carbocycles. The number of esters is 6. The van der Waals surface area contributed by atoms with Crippen molar-refractivity contribution in [2.24, 2.45) is 17.3 Å². The summed E-state index contributed by atoms with van der Waals surface area (Å²) in [6.07, 6.45) is -8.02. The van der Waals surface area contributed by atoms with Gasteiger partial charge in [0.25, 0.3) is 0 Å². The van der Waals surface area contributed by atoms with Crippen LogP contribution in [-0.2, 0) is 52.4 Å². The largest absolute Gasteiger partial charge is 0.458 e. The van der Waals surface area contributed by atoms with Gasteiger partial charge in [0.2, 0.25) is 0 Å². The van der Waals surface area contributed by atoms with Gasteiger partial charge in [0.15, 0.2) is 29.7 Å². The lowest BCUT2D eigenvalue weighted by Gasteiger charge is -2.46. The molecule has 0 radical (unpaired) electrons. The van der Waals surface area contributed by atoms with Gasteiger partial charge in [0.1, 0.15) is 12.2 Å². The number of aliphatic hydroxyl groups excluding tert-OH is 2. The Morgan fingerprint density at radius 1 is 0.765 bits per heavy atom. The van der Waals surface area contributed by atoms with Crippen LogP contribution in [0.3, 0.4) is 0 Å². The van der Waals surface area contributed by atoms with Gasteiger partial charge in [-0.1, -0.05) is 45.0 Å². The molecule has 3 rings (SSSR count). The minimum atomic E-state index is -2.32. The zero-order valence-corrected chi connectivity index (χ0v) is 30.6. The predicted octanol–water partition coefficient (Wildman–Crippen LogP) is 3.51. The molecule has 2 aliphatic carbocycles. The highest BCUT2D eigenvalue weighted by molar-refractivity contribution is 5.89. The average molecular weight is 717 g/mol. The first-order valence-electron chi connectivity index (χ1n) is 16.5. The number of hydrogen-bond acceptors (Lipinski definition) is 14. The second-order valence-electron chi connectivity index (χ2n) is 13.8. The van der Waals surface area contributed by atoms with Crippen LogP contribution in [0.4, 0.5) is 0 Å². The topological polar surface area (TPSA) is 198 Å². The van der Waals surface area contributed by atoms with E-state index in [0.29, 0.717) is 0 Å². The Bertz CT molecular complexity index is 1580. The van der Waals surface area contributed by atoms with Crippen LogP contribution in [0.2, 0.25) is 0 Å². The van der Waals surface area contributed by atoms with Crippen molar-refractivity contribution < 1.29 is 67.4 Å². The highest BCUT2D eigenvalue weighted by Gasteiger charge is 2.70. The van der Waals surface area contributed by atoms with Gasteiger partial charge in [-0.2, -0.15) is 0 Å². The molecule has 1 fully saturated rings. The first-order chi connectivity index (χ1) is 23.6. The number of carbonyl (C=O) groups excluding carboxylic acids is 6. The van der Waals surface area contributed by atoms with Crippen molar-refractivity contribution in [1.82, 2.24) is 0 Å². The lowest BCUT2D eigenvalue weighted by Crippen LogP contribution is -2.62. The molecule has 0 amide bonds. The van der Waals surface area contributed by atoms with E-state index in [1.165, 1.54) is 26.0 Å². The highest BCUT2D eigenvalue weighted by atomic mass is 16.6. The maximum absolute atomic E-state index is 13.6. The van der Waals surface area contributed by atoms with Crippen LogP contribution in [0, 0.1) is 17.3 Å². The number of carbonyl (C=O) groups is 6. The summed E-state index contributed by atoms with van der Waals surface area (Å²) in [5.41, 5.74) is -3.26. The summed E-state index contributed by atoms with van der Waals surface area (Å²) in [6.45, 7) is 13.2. The van der Waals surface area contributed by atoms with Gasteiger partial charge in [-0.3, -0.25) is 24.0 Å². The lowest BCUT2D eigenvalue weighted by atomic mass is 9.72. The first-order valence-corrected chi connectivity index (χ1v) is 16.5. The molecule has 2 aliphatic rings. The molecule has 14 heteroatoms. The zero-order chi connectivity index (χ0) is 38.6. The third kappa shape index (κ3) is 8.85. The fraction of sp³-hybridized carbons (Fsp3) is 0.568. The summed E-state index contributed by atoms with van der Waals surface area (Å²) in [5.74, 6) is -8.23. The number of rotatable bonds is 7. The second kappa shape index (κ2) is 16.2. The van der Waals surface area contributed by atoms with E-state index in [4.69, 9.17) is 28.4 Å². The molecule has 0 unspecified atom stereocenters. The van der Waals surface area contributed by atoms with Gasteiger partial charge < -0.3 is 38.6 Å². The van der Waals surface area contributed by atoms with E-state index in [9.17, 15) is 39.0 Å². The van der Waals surface area contributed by atoms with Crippen molar-refractivity contribution in [1.29, 1.82) is 0 Å². The molecule has 0 aliphatic heterocycles. The number of benzene rings is 1. The van der Waals surface area contributed by atoms with Crippen LogP contribution in [0.25, 0.3) is 0 Å². The molecular weight excluding hydrogens is 668 g/mol. The Kier molecular flexibility index (Phi) is 13.0. The average Bonchev–Trinajstić information content (AvgIpc) is 3.23. The summed E-state index contributed by atoms with van der Waals surface area (Å²) in [5, 5.41) is 24.7. The van der Waals surface area contributed by atoms with Crippen molar-refractivity contribution in [3.8, 4) is 0 Å². The van der Waals surface area contributed by atoms with Crippen molar-refractivity contribution in [2.75, 3.05) is 0 Å². The molecule has 1 aromatic carbocycles. The standard InChI is InChI=1S/C37H48O14/c1-18-16-17-36(9,10)34(49-24(7)41)31(47-22(5)39)30(46-21(4)38)19(2)28(43)27-29(50-35(45)26-14-12-11-13-15-26)20(3)32(44)37(27,51-25(8)42)33(18)48-23(6)40/h11-16,20,27-29,31-34,43-44H,17H2,1-10H3/b18-16+,30-19+/t20-,27+,28-,29+,31+,32+,33-,34+,37+/m1/s1. The summed E-state index contributed by atoms with van der Waals surface area (Å²) < 4.78 is 34.9. The van der Waals surface area contributed by atoms with Gasteiger partial charge in [0.05, 0.1) is 17.6 Å². The monoisotopic (exact) mass is 716 g/mol. The van der Waals surface area contributed by atoms with Crippen LogP contribution in [0.1, 0.15) is 86.0 Å². The molecule has 2 N–H and O–H groups in total. The number of fused-ring (bicyclic) bond motifs is 1. The Morgan fingerprint density at radius 3 is 1.84 bits per heavy atom. The number of ether oxygens (including phenoxy) is 6. The summed E-state index contributed by atoms with van der Waals surface area (Å²) in [4.78, 5) is 77.1. The van der Waals surface area contributed by atoms with Crippen molar-refractivity contribution in [3.63, 3.8) is 0 Å². The third-order valence-corrected chi connectivity index (χ3v) is 9.30. The van der Waals surface area contributed by atoms with Crippen LogP contribution in [0.15, 0.2) is 53.3 Å². The summed E-state index contributed by atoms with van der Waals surface area (Å²) >= 11 is 0. The van der Waals surface area contributed by atoms with Crippen molar-refractivity contribution in [2.45, 2.75) is 118 Å². The number of allylic oxidation sites excluding steroid dienone is 1. The van der Waals surface area contributed by atoms with Gasteiger partial charge in [-0.15, -0.1) is 0 Å². The van der Waals surface area contributed by atoms with Crippen molar-refractivity contribution >= 4 is 35.8 Å². The van der Waals surface area contributed by atoms with E-state index in [0.717, 1.165) is 34.6 Å². The van der Waals surface area contributed by atoms with E-state index in [-0.39, 0.29) is 23.1 Å². The zero-order valence-electron chi connectivity index (χ0n) is 30.6. The second-order valence-corrected chi connectivity index (χ2v) is 13.8. The van der Waals surface area contributed by atoms with E-state index >= 15 is 0 Å². The van der Waals surface area contributed by atoms with E-state index in [1.54, 1.807) is 45.0 Å². The number of hydrogen-bond donors (Lipinski definition) is 2. The van der Waals surface area contributed by atoms with Gasteiger partial charge in [-0.05, 0) is 43.5 Å². The fourth-order valence-corrected chi connectivity index (χ4v) is 7.03. The fourth-order valence-electron chi connectivity index (χ4n) is 7.03. The summed E-state index contributed by atoms with van der Waals surface area (Å²) in [6, 6.07) is 7.89. The van der Waals surface area contributed by atoms with E-state index < -0.39 is 101 Å². The maximum atomic E-state index is 13.6. The molecule has 51 heavy (non-hydrogen) atoms. The minimum absolute atomic E-state index is 0.0279. The molecule has 1 aromatic rings. The molecule has 0 spiro atoms. The Hall–Kier alpha value is -4.56. The quantitative estimate of drug-likeness (QED) is 0.236. The predicted molar refractivity (Wildman–Crippen MR) is 178 cm³/mol. The summed E-state index contributed by atoms with van der Waals surface area (Å²) in [7, 11) is 0. The van der Waals surface area contributed by atoms with E-state index in [2.05, 4.69) is 0 Å². The highest BCUT2D eigenvalue weighted by Crippen LogP contribution is 2.53. The Morgan fingerprint density at radius 2 is 1.33 bits per heavy atom. The normalized spacial score (nSPS) is 33.1. The smallest absolute Gasteiger partial charge is 0.338 e. The number of aliphatic hydroxyl groups is 2. The van der Waals surface area contributed by atoms with Crippen molar-refractivity contribution in [3.05, 3.63) is 58.9 Å². The van der Waals surface area contributed by atoms with Gasteiger partial charge >= 0.3 is 35.8 Å². The molecule has 9 atom stereocenters. The lowest BCUT2D eigenvalue weighted by molar-refractivity contribution is -0.214. The van der Waals surface area contributed by atoms with Gasteiger partial charge in [0, 0.05) is 46.0 Å². The molecule has 0 bridgehead atoms. The van der Waals surface area contributed by atoms with E-state index in [1.807, 2.05) is 0 Å². The molecule has 0 saturated heterocycles. The minimum Gasteiger partial charge on any atom is -0.458 e. The molecule has 0 heterocycles. The van der Waals surface area contributed by atoms with Gasteiger partial charge in [-0.25, -0.2) is 4.79 Å². The molecule has 0 aromatic heterocycles. The Labute approximate surface area is 297 Å². The van der Waals surface area contributed by atoms with Crippen LogP contribution < -0.4 is 0 Å². The third-order valence-electron chi connectivity index (χ3n) is 9.30. The van der Waals surface area contributed by atoms with Crippen LogP contribution in [0.5, 0.6) is 0 Å². The van der Waals surface area contributed by atoms with Crippen LogP contribution in [-0.4, -0.2) is 88.3 Å². The molecule has 280 valence electrons.